The van der Waals surface area contributed by atoms with Gasteiger partial charge in [-0.25, -0.2) is 9.37 Å². The molecule has 0 N–H and O–H groups in total. The molecule has 0 unspecified atom stereocenters. The number of hydrogen-bond donors (Lipinski definition) is 0. The van der Waals surface area contributed by atoms with Crippen LogP contribution in [0.3, 0.4) is 0 Å². The fourth-order valence-electron chi connectivity index (χ4n) is 2.84. The smallest absolute Gasteiger partial charge is 0.311 e. The molecule has 9 heteroatoms. The second-order valence-corrected chi connectivity index (χ2v) is 7.26. The fraction of sp³-hybridized carbons (Fsp3) is 0.200. The topological polar surface area (TPSA) is 85.6 Å². The summed E-state index contributed by atoms with van der Waals surface area (Å²) in [5, 5.41) is 13.2. The van der Waals surface area contributed by atoms with Crippen molar-refractivity contribution in [2.75, 3.05) is 4.90 Å². The molecule has 0 saturated carbocycles. The van der Waals surface area contributed by atoms with Crippen molar-refractivity contribution in [3.05, 3.63) is 74.5 Å². The molecule has 0 spiro atoms. The Morgan fingerprint density at radius 1 is 1.28 bits per heavy atom. The van der Waals surface area contributed by atoms with E-state index in [1.807, 2.05) is 32.0 Å². The predicted molar refractivity (Wildman–Crippen MR) is 108 cm³/mol. The molecule has 0 aliphatic heterocycles. The van der Waals surface area contributed by atoms with Gasteiger partial charge in [0.2, 0.25) is 5.91 Å². The van der Waals surface area contributed by atoms with Crippen molar-refractivity contribution in [1.29, 1.82) is 0 Å². The molecule has 0 aliphatic rings. The van der Waals surface area contributed by atoms with Gasteiger partial charge in [-0.05, 0) is 31.5 Å². The molecule has 1 heterocycles. The Labute approximate surface area is 170 Å². The number of thiazole rings is 1. The number of carbonyl (C=O) groups is 1. The van der Waals surface area contributed by atoms with E-state index < -0.39 is 10.7 Å². The maximum atomic E-state index is 13.4. The zero-order chi connectivity index (χ0) is 21.1. The summed E-state index contributed by atoms with van der Waals surface area (Å²) in [6.07, 6.45) is 0. The lowest BCUT2D eigenvalue weighted by Gasteiger charge is -2.20. The van der Waals surface area contributed by atoms with E-state index in [1.54, 1.807) is 5.38 Å². The van der Waals surface area contributed by atoms with E-state index in [9.17, 15) is 19.3 Å². The SMILES string of the molecule is CC(=O)N(c1nc(COc2cc(F)ccc2[N+](=O)[O-])cs1)c1ccc(C)cc1C. The van der Waals surface area contributed by atoms with Gasteiger partial charge in [-0.2, -0.15) is 0 Å². The summed E-state index contributed by atoms with van der Waals surface area (Å²) in [5.41, 5.74) is 2.89. The second-order valence-electron chi connectivity index (χ2n) is 6.42. The summed E-state index contributed by atoms with van der Waals surface area (Å²) in [7, 11) is 0. The number of aromatic nitrogens is 1. The molecule has 1 amide bonds. The molecule has 3 rings (SSSR count). The van der Waals surface area contributed by atoms with E-state index in [0.717, 1.165) is 35.0 Å². The Balaban J connectivity index is 1.84. The van der Waals surface area contributed by atoms with Crippen molar-refractivity contribution in [1.82, 2.24) is 4.98 Å². The summed E-state index contributed by atoms with van der Waals surface area (Å²) in [4.78, 5) is 28.6. The first-order chi connectivity index (χ1) is 13.8. The van der Waals surface area contributed by atoms with Crippen LogP contribution in [0.15, 0.2) is 41.8 Å². The van der Waals surface area contributed by atoms with Crippen molar-refractivity contribution >= 4 is 33.8 Å². The number of nitro benzene ring substituents is 1. The minimum absolute atomic E-state index is 0.0978. The van der Waals surface area contributed by atoms with Crippen LogP contribution in [0.1, 0.15) is 23.7 Å². The highest BCUT2D eigenvalue weighted by atomic mass is 32.1. The van der Waals surface area contributed by atoms with Crippen LogP contribution >= 0.6 is 11.3 Å². The van der Waals surface area contributed by atoms with Gasteiger partial charge in [0.1, 0.15) is 12.4 Å². The van der Waals surface area contributed by atoms with Crippen LogP contribution in [-0.4, -0.2) is 15.8 Å². The maximum absolute atomic E-state index is 13.4. The van der Waals surface area contributed by atoms with Crippen LogP contribution < -0.4 is 9.64 Å². The minimum Gasteiger partial charge on any atom is -0.480 e. The molecule has 0 fully saturated rings. The summed E-state index contributed by atoms with van der Waals surface area (Å²) in [6.45, 7) is 5.24. The first-order valence-corrected chi connectivity index (χ1v) is 9.53. The molecule has 0 aliphatic carbocycles. The molecular weight excluding hydrogens is 397 g/mol. The van der Waals surface area contributed by atoms with E-state index in [-0.39, 0.29) is 24.0 Å². The van der Waals surface area contributed by atoms with Crippen LogP contribution in [0.2, 0.25) is 0 Å². The van der Waals surface area contributed by atoms with Crippen molar-refractivity contribution in [2.45, 2.75) is 27.4 Å². The number of ether oxygens (including phenoxy) is 1. The van der Waals surface area contributed by atoms with Crippen molar-refractivity contribution < 1.29 is 18.8 Å². The second kappa shape index (κ2) is 8.36. The van der Waals surface area contributed by atoms with Gasteiger partial charge in [0.25, 0.3) is 0 Å². The molecule has 7 nitrogen and oxygen atoms in total. The highest BCUT2D eigenvalue weighted by Gasteiger charge is 2.21. The van der Waals surface area contributed by atoms with Crippen LogP contribution in [0.4, 0.5) is 20.9 Å². The lowest BCUT2D eigenvalue weighted by molar-refractivity contribution is -0.386. The predicted octanol–water partition coefficient (Wildman–Crippen LogP) is 5.07. The zero-order valence-electron chi connectivity index (χ0n) is 16.0. The summed E-state index contributed by atoms with van der Waals surface area (Å²) in [5.74, 6) is -1.01. The van der Waals surface area contributed by atoms with E-state index in [1.165, 1.54) is 23.2 Å². The first kappa shape index (κ1) is 20.4. The average Bonchev–Trinajstić information content (AvgIpc) is 3.10. The molecule has 0 atom stereocenters. The third kappa shape index (κ3) is 4.57. The lowest BCUT2D eigenvalue weighted by Crippen LogP contribution is -2.23. The van der Waals surface area contributed by atoms with Gasteiger partial charge < -0.3 is 4.74 Å². The number of nitro groups is 1. The number of aryl methyl sites for hydroxylation is 2. The number of carbonyl (C=O) groups excluding carboxylic acids is 1. The first-order valence-electron chi connectivity index (χ1n) is 8.65. The van der Waals surface area contributed by atoms with Crippen molar-refractivity contribution in [2.24, 2.45) is 0 Å². The average molecular weight is 415 g/mol. The third-order valence-corrected chi connectivity index (χ3v) is 5.01. The molecule has 0 saturated heterocycles. The van der Waals surface area contributed by atoms with Crippen LogP contribution in [0, 0.1) is 29.8 Å². The molecular formula is C20H18FN3O4S. The molecule has 150 valence electrons. The number of benzene rings is 2. The Morgan fingerprint density at radius 3 is 2.69 bits per heavy atom. The van der Waals surface area contributed by atoms with Gasteiger partial charge >= 0.3 is 5.69 Å². The summed E-state index contributed by atoms with van der Waals surface area (Å²) >= 11 is 1.25. The lowest BCUT2D eigenvalue weighted by atomic mass is 10.1. The highest BCUT2D eigenvalue weighted by molar-refractivity contribution is 7.14. The number of nitrogens with zero attached hydrogens (tertiary/aromatic N) is 3. The van der Waals surface area contributed by atoms with Crippen LogP contribution in [0.25, 0.3) is 0 Å². The third-order valence-electron chi connectivity index (χ3n) is 4.13. The van der Waals surface area contributed by atoms with Gasteiger partial charge in [-0.1, -0.05) is 17.7 Å². The number of amides is 1. The molecule has 3 aromatic rings. The maximum Gasteiger partial charge on any atom is 0.311 e. The molecule has 2 aromatic carbocycles. The largest absolute Gasteiger partial charge is 0.480 e. The van der Waals surface area contributed by atoms with Crippen LogP contribution in [0.5, 0.6) is 5.75 Å². The van der Waals surface area contributed by atoms with Crippen LogP contribution in [-0.2, 0) is 11.4 Å². The Morgan fingerprint density at radius 2 is 2.03 bits per heavy atom. The van der Waals surface area contributed by atoms with Gasteiger partial charge in [0.05, 0.1) is 16.3 Å². The Hall–Kier alpha value is -3.33. The number of anilines is 2. The zero-order valence-corrected chi connectivity index (χ0v) is 16.8. The highest BCUT2D eigenvalue weighted by Crippen LogP contribution is 2.33. The Kier molecular flexibility index (Phi) is 5.88. The monoisotopic (exact) mass is 415 g/mol. The number of hydrogen-bond acceptors (Lipinski definition) is 6. The van der Waals surface area contributed by atoms with Crippen molar-refractivity contribution in [3.63, 3.8) is 0 Å². The fourth-order valence-corrected chi connectivity index (χ4v) is 3.70. The molecule has 29 heavy (non-hydrogen) atoms. The summed E-state index contributed by atoms with van der Waals surface area (Å²) in [6, 6.07) is 8.77. The van der Waals surface area contributed by atoms with Gasteiger partial charge in [0.15, 0.2) is 10.9 Å². The quantitative estimate of drug-likeness (QED) is 0.414. The van der Waals surface area contributed by atoms with Gasteiger partial charge in [-0.15, -0.1) is 11.3 Å². The van der Waals surface area contributed by atoms with Crippen molar-refractivity contribution in [3.8, 4) is 5.75 Å². The van der Waals surface area contributed by atoms with E-state index in [0.29, 0.717) is 10.8 Å². The normalized spacial score (nSPS) is 10.6. The molecule has 0 bridgehead atoms. The molecule has 0 radical (unpaired) electrons. The molecule has 1 aromatic heterocycles. The number of halogens is 1. The minimum atomic E-state index is -0.640. The van der Waals surface area contributed by atoms with E-state index >= 15 is 0 Å². The van der Waals surface area contributed by atoms with E-state index in [4.69, 9.17) is 4.74 Å². The van der Waals surface area contributed by atoms with Gasteiger partial charge in [-0.3, -0.25) is 19.8 Å². The van der Waals surface area contributed by atoms with Gasteiger partial charge in [0, 0.05) is 24.4 Å². The number of rotatable bonds is 6. The summed E-state index contributed by atoms with van der Waals surface area (Å²) < 4.78 is 18.9. The Bertz CT molecular complexity index is 1080. The standard InChI is InChI=1S/C20H18FN3O4S/c1-12-4-6-17(13(2)8-12)23(14(3)25)20-22-16(11-29-20)10-28-19-9-15(21)5-7-18(19)24(26)27/h4-9,11H,10H2,1-3H3. The van der Waals surface area contributed by atoms with E-state index in [2.05, 4.69) is 4.98 Å².